The molecule has 90 valence electrons. The molecule has 1 amide bonds. The van der Waals surface area contributed by atoms with E-state index >= 15 is 0 Å². The second-order valence-corrected chi connectivity index (χ2v) is 4.02. The van der Waals surface area contributed by atoms with Gasteiger partial charge in [0.2, 0.25) is 5.91 Å². The van der Waals surface area contributed by atoms with E-state index in [-0.39, 0.29) is 24.3 Å². The molecule has 0 radical (unpaired) electrons. The number of rotatable bonds is 6. The summed E-state index contributed by atoms with van der Waals surface area (Å²) in [5.74, 6) is -0.196. The summed E-state index contributed by atoms with van der Waals surface area (Å²) in [6.45, 7) is 0.406. The van der Waals surface area contributed by atoms with Gasteiger partial charge in [0.05, 0.1) is 11.9 Å². The van der Waals surface area contributed by atoms with E-state index in [1.165, 1.54) is 11.8 Å². The van der Waals surface area contributed by atoms with E-state index in [9.17, 15) is 18.0 Å². The number of hydrogen-bond donors (Lipinski definition) is 1. The molecule has 0 aliphatic heterocycles. The van der Waals surface area contributed by atoms with Gasteiger partial charge in [-0.2, -0.15) is 24.9 Å². The van der Waals surface area contributed by atoms with Crippen LogP contribution in [0, 0.1) is 0 Å². The van der Waals surface area contributed by atoms with E-state index in [1.807, 2.05) is 0 Å². The second kappa shape index (κ2) is 6.95. The molecule has 0 rings (SSSR count). The van der Waals surface area contributed by atoms with Crippen LogP contribution in [0.5, 0.6) is 0 Å². The third-order valence-electron chi connectivity index (χ3n) is 1.53. The Morgan fingerprint density at radius 1 is 1.53 bits per heavy atom. The minimum Gasteiger partial charge on any atom is -0.370 e. The standard InChI is InChI=1S/C8H14F3NO2S/c1-6(15-2)7(13)12-3-4-14-5-8(9,10)11/h6H,3-5H2,1-2H3,(H,12,13). The van der Waals surface area contributed by atoms with Crippen molar-refractivity contribution in [3.8, 4) is 0 Å². The molecule has 1 atom stereocenters. The van der Waals surface area contributed by atoms with Gasteiger partial charge in [0.25, 0.3) is 0 Å². The van der Waals surface area contributed by atoms with Crippen LogP contribution in [0.15, 0.2) is 0 Å². The number of ether oxygens (including phenoxy) is 1. The molecule has 0 fully saturated rings. The van der Waals surface area contributed by atoms with Gasteiger partial charge < -0.3 is 10.1 Å². The number of halogens is 3. The smallest absolute Gasteiger partial charge is 0.370 e. The third kappa shape index (κ3) is 8.56. The number of carbonyl (C=O) groups excluding carboxylic acids is 1. The van der Waals surface area contributed by atoms with E-state index in [4.69, 9.17) is 0 Å². The van der Waals surface area contributed by atoms with Gasteiger partial charge >= 0.3 is 6.18 Å². The molecule has 0 spiro atoms. The summed E-state index contributed by atoms with van der Waals surface area (Å²) in [6, 6.07) is 0. The largest absolute Gasteiger partial charge is 0.411 e. The first-order chi connectivity index (χ1) is 6.87. The van der Waals surface area contributed by atoms with Gasteiger partial charge in [-0.3, -0.25) is 4.79 Å². The highest BCUT2D eigenvalue weighted by molar-refractivity contribution is 7.99. The minimum absolute atomic E-state index is 0.0970. The molecule has 0 aliphatic carbocycles. The van der Waals surface area contributed by atoms with Crippen molar-refractivity contribution < 1.29 is 22.7 Å². The summed E-state index contributed by atoms with van der Waals surface area (Å²) < 4.78 is 39.1. The van der Waals surface area contributed by atoms with E-state index in [0.717, 1.165) is 0 Å². The van der Waals surface area contributed by atoms with Crippen molar-refractivity contribution >= 4 is 17.7 Å². The molecule has 0 aromatic rings. The van der Waals surface area contributed by atoms with Gasteiger partial charge in [0.1, 0.15) is 6.61 Å². The molecule has 15 heavy (non-hydrogen) atoms. The Labute approximate surface area is 90.7 Å². The minimum atomic E-state index is -4.31. The van der Waals surface area contributed by atoms with Crippen molar-refractivity contribution in [3.63, 3.8) is 0 Å². The SMILES string of the molecule is CSC(C)C(=O)NCCOCC(F)(F)F. The van der Waals surface area contributed by atoms with Crippen molar-refractivity contribution in [1.29, 1.82) is 0 Å². The second-order valence-electron chi connectivity index (χ2n) is 2.84. The molecule has 0 bridgehead atoms. The van der Waals surface area contributed by atoms with E-state index < -0.39 is 12.8 Å². The predicted octanol–water partition coefficient (Wildman–Crippen LogP) is 1.43. The third-order valence-corrected chi connectivity index (χ3v) is 2.46. The number of alkyl halides is 3. The Kier molecular flexibility index (Phi) is 6.75. The molecule has 1 N–H and O–H groups in total. The van der Waals surface area contributed by atoms with Crippen molar-refractivity contribution in [2.45, 2.75) is 18.3 Å². The van der Waals surface area contributed by atoms with Crippen molar-refractivity contribution in [1.82, 2.24) is 5.32 Å². The first-order valence-electron chi connectivity index (χ1n) is 4.32. The Balaban J connectivity index is 3.43. The van der Waals surface area contributed by atoms with Crippen LogP contribution in [0.25, 0.3) is 0 Å². The van der Waals surface area contributed by atoms with Crippen LogP contribution in [0.2, 0.25) is 0 Å². The fraction of sp³-hybridized carbons (Fsp3) is 0.875. The summed E-state index contributed by atoms with van der Waals surface area (Å²) in [5.41, 5.74) is 0. The normalized spacial score (nSPS) is 13.7. The molecule has 0 heterocycles. The Hall–Kier alpha value is -0.430. The first-order valence-corrected chi connectivity index (χ1v) is 5.60. The summed E-state index contributed by atoms with van der Waals surface area (Å²) in [4.78, 5) is 11.1. The Morgan fingerprint density at radius 3 is 2.60 bits per heavy atom. The molecule has 0 saturated heterocycles. The molecule has 1 unspecified atom stereocenters. The highest BCUT2D eigenvalue weighted by atomic mass is 32.2. The molecule has 0 aliphatic rings. The summed E-state index contributed by atoms with van der Waals surface area (Å²) in [6.07, 6.45) is -2.53. The van der Waals surface area contributed by atoms with E-state index in [1.54, 1.807) is 13.2 Å². The monoisotopic (exact) mass is 245 g/mol. The van der Waals surface area contributed by atoms with Crippen LogP contribution in [0.4, 0.5) is 13.2 Å². The lowest BCUT2D eigenvalue weighted by molar-refractivity contribution is -0.173. The Bertz CT molecular complexity index is 199. The molecule has 0 aromatic carbocycles. The number of amides is 1. The van der Waals surface area contributed by atoms with E-state index in [0.29, 0.717) is 0 Å². The van der Waals surface area contributed by atoms with Gasteiger partial charge in [-0.15, -0.1) is 0 Å². The maximum absolute atomic E-state index is 11.6. The summed E-state index contributed by atoms with van der Waals surface area (Å²) >= 11 is 1.37. The average molecular weight is 245 g/mol. The quantitative estimate of drug-likeness (QED) is 0.719. The first kappa shape index (κ1) is 14.6. The fourth-order valence-corrected chi connectivity index (χ4v) is 0.982. The lowest BCUT2D eigenvalue weighted by atomic mass is 10.4. The van der Waals surface area contributed by atoms with E-state index in [2.05, 4.69) is 10.1 Å². The molecular weight excluding hydrogens is 231 g/mol. The summed E-state index contributed by atoms with van der Waals surface area (Å²) in [5, 5.41) is 2.27. The van der Waals surface area contributed by atoms with Crippen LogP contribution in [-0.4, -0.2) is 43.3 Å². The van der Waals surface area contributed by atoms with Crippen LogP contribution in [0.1, 0.15) is 6.92 Å². The Morgan fingerprint density at radius 2 is 2.13 bits per heavy atom. The lowest BCUT2D eigenvalue weighted by Gasteiger charge is -2.10. The maximum Gasteiger partial charge on any atom is 0.411 e. The zero-order valence-electron chi connectivity index (χ0n) is 8.56. The highest BCUT2D eigenvalue weighted by Gasteiger charge is 2.27. The molecule has 3 nitrogen and oxygen atoms in total. The van der Waals surface area contributed by atoms with Crippen molar-refractivity contribution in [3.05, 3.63) is 0 Å². The van der Waals surface area contributed by atoms with Crippen LogP contribution in [-0.2, 0) is 9.53 Å². The molecular formula is C8H14F3NO2S. The zero-order valence-corrected chi connectivity index (χ0v) is 9.37. The maximum atomic E-state index is 11.6. The van der Waals surface area contributed by atoms with Crippen LogP contribution in [0.3, 0.4) is 0 Å². The van der Waals surface area contributed by atoms with Crippen LogP contribution >= 0.6 is 11.8 Å². The molecule has 0 aromatic heterocycles. The van der Waals surface area contributed by atoms with Gasteiger partial charge in [-0.1, -0.05) is 0 Å². The highest BCUT2D eigenvalue weighted by Crippen LogP contribution is 2.13. The summed E-state index contributed by atoms with van der Waals surface area (Å²) in [7, 11) is 0. The zero-order chi connectivity index (χ0) is 11.9. The average Bonchev–Trinajstić information content (AvgIpc) is 2.14. The van der Waals surface area contributed by atoms with Gasteiger partial charge in [-0.25, -0.2) is 0 Å². The van der Waals surface area contributed by atoms with Crippen molar-refractivity contribution in [2.24, 2.45) is 0 Å². The van der Waals surface area contributed by atoms with Gasteiger partial charge in [-0.05, 0) is 13.2 Å². The number of nitrogens with one attached hydrogen (secondary N) is 1. The van der Waals surface area contributed by atoms with Gasteiger partial charge in [0, 0.05) is 6.54 Å². The topological polar surface area (TPSA) is 38.3 Å². The van der Waals surface area contributed by atoms with Crippen molar-refractivity contribution in [2.75, 3.05) is 26.0 Å². The molecule has 7 heteroatoms. The number of hydrogen-bond acceptors (Lipinski definition) is 3. The van der Waals surface area contributed by atoms with Crippen LogP contribution < -0.4 is 5.32 Å². The molecule has 0 saturated carbocycles. The predicted molar refractivity (Wildman–Crippen MR) is 52.9 cm³/mol. The van der Waals surface area contributed by atoms with Gasteiger partial charge in [0.15, 0.2) is 0 Å². The lowest BCUT2D eigenvalue weighted by Crippen LogP contribution is -2.34. The number of carbonyl (C=O) groups is 1. The fourth-order valence-electron chi connectivity index (χ4n) is 0.685. The number of thioether (sulfide) groups is 1.